The van der Waals surface area contributed by atoms with Gasteiger partial charge in [-0.05, 0) is 120 Å². The second-order valence-corrected chi connectivity index (χ2v) is 14.3. The molecule has 0 aliphatic heterocycles. The molecule has 0 bridgehead atoms. The summed E-state index contributed by atoms with van der Waals surface area (Å²) in [6.45, 7) is 9.24. The summed E-state index contributed by atoms with van der Waals surface area (Å²) in [5.74, 6) is 1.45. The normalized spacial score (nSPS) is 12.3. The molecule has 6 rings (SSSR count). The largest absolute Gasteiger partial charge is 0.310 e. The zero-order valence-electron chi connectivity index (χ0n) is 31.7. The number of anilines is 6. The smallest absolute Gasteiger partial charge is 0.0464 e. The maximum Gasteiger partial charge on any atom is 0.0464 e. The lowest BCUT2D eigenvalue weighted by Crippen LogP contribution is -2.11. The highest BCUT2D eigenvalue weighted by atomic mass is 15.1. The Hall–Kier alpha value is -5.08. The van der Waals surface area contributed by atoms with Crippen LogP contribution >= 0.6 is 0 Å². The minimum atomic E-state index is 0.727. The van der Waals surface area contributed by atoms with Gasteiger partial charge in [-0.25, -0.2) is 0 Å². The minimum absolute atomic E-state index is 0.727. The van der Waals surface area contributed by atoms with Gasteiger partial charge in [0.05, 0.1) is 0 Å². The van der Waals surface area contributed by atoms with Crippen LogP contribution in [-0.2, 0) is 12.8 Å². The molecule has 0 radical (unpaired) electrons. The number of nitrogens with zero attached hydrogens (tertiary/aromatic N) is 2. The van der Waals surface area contributed by atoms with Gasteiger partial charge < -0.3 is 9.80 Å². The molecule has 2 heteroatoms. The van der Waals surface area contributed by atoms with Gasteiger partial charge in [-0.1, -0.05) is 151 Å². The van der Waals surface area contributed by atoms with E-state index in [9.17, 15) is 0 Å². The van der Waals surface area contributed by atoms with Crippen LogP contribution in [0.25, 0.3) is 11.1 Å². The van der Waals surface area contributed by atoms with Gasteiger partial charge in [-0.2, -0.15) is 0 Å². The van der Waals surface area contributed by atoms with E-state index in [1.165, 1.54) is 72.2 Å². The summed E-state index contributed by atoms with van der Waals surface area (Å²) in [5.41, 5.74) is 12.3. The topological polar surface area (TPSA) is 6.48 Å². The van der Waals surface area contributed by atoms with E-state index in [1.54, 1.807) is 0 Å². The van der Waals surface area contributed by atoms with Crippen LogP contribution in [0.1, 0.15) is 77.3 Å². The Bertz CT molecular complexity index is 1790. The Morgan fingerprint density at radius 2 is 0.712 bits per heavy atom. The highest BCUT2D eigenvalue weighted by Gasteiger charge is 2.17. The van der Waals surface area contributed by atoms with Gasteiger partial charge in [0, 0.05) is 34.1 Å². The lowest BCUT2D eigenvalue weighted by Gasteiger charge is -2.27. The molecule has 0 fully saturated rings. The van der Waals surface area contributed by atoms with Crippen molar-refractivity contribution in [2.24, 2.45) is 11.8 Å². The molecule has 0 aromatic heterocycles. The average molecular weight is 685 g/mol. The quantitative estimate of drug-likeness (QED) is 0.0943. The van der Waals surface area contributed by atoms with Crippen LogP contribution in [0.3, 0.4) is 0 Å². The fourth-order valence-electron chi connectivity index (χ4n) is 7.68. The summed E-state index contributed by atoms with van der Waals surface area (Å²) in [7, 11) is 0. The number of rotatable bonds is 17. The van der Waals surface area contributed by atoms with Crippen molar-refractivity contribution in [1.82, 2.24) is 0 Å². The molecule has 0 amide bonds. The van der Waals surface area contributed by atoms with Gasteiger partial charge in [0.1, 0.15) is 0 Å². The Morgan fingerprint density at radius 3 is 1.06 bits per heavy atom. The SMILES string of the molecule is CCCC(CC)Cc1cccc(N(c2ccccc2)c2ccc(-c3ccc(N(c4ccccc4)c4cccc(CC(CC)CCC)c4)cc3)cc2)c1. The van der Waals surface area contributed by atoms with Crippen molar-refractivity contribution in [3.05, 3.63) is 169 Å². The van der Waals surface area contributed by atoms with Crippen LogP contribution in [0.2, 0.25) is 0 Å². The van der Waals surface area contributed by atoms with E-state index >= 15 is 0 Å². The minimum Gasteiger partial charge on any atom is -0.310 e. The standard InChI is InChI=1S/C50H56N2/c1-5-17-39(7-3)35-41-19-15-25-49(37-41)51(45-21-11-9-12-22-45)47-31-27-43(28-32-47)44-29-33-48(34-30-44)52(46-23-13-10-14-24-46)50-26-16-20-42(38-50)36-40(8-4)18-6-2/h9-16,19-34,37-40H,5-8,17-18,35-36H2,1-4H3. The van der Waals surface area contributed by atoms with Crippen LogP contribution < -0.4 is 9.80 Å². The number of hydrogen-bond donors (Lipinski definition) is 0. The fourth-order valence-corrected chi connectivity index (χ4v) is 7.68. The number of benzene rings is 6. The van der Waals surface area contributed by atoms with E-state index in [4.69, 9.17) is 0 Å². The van der Waals surface area contributed by atoms with E-state index in [-0.39, 0.29) is 0 Å². The third kappa shape index (κ3) is 9.22. The first-order valence-electron chi connectivity index (χ1n) is 19.7. The zero-order valence-corrected chi connectivity index (χ0v) is 31.7. The molecule has 0 spiro atoms. The monoisotopic (exact) mass is 684 g/mol. The maximum atomic E-state index is 2.39. The van der Waals surface area contributed by atoms with Crippen molar-refractivity contribution in [2.45, 2.75) is 79.1 Å². The third-order valence-corrected chi connectivity index (χ3v) is 10.5. The molecule has 52 heavy (non-hydrogen) atoms. The summed E-state index contributed by atoms with van der Waals surface area (Å²) < 4.78 is 0. The van der Waals surface area contributed by atoms with E-state index in [0.29, 0.717) is 0 Å². The maximum absolute atomic E-state index is 2.39. The second-order valence-electron chi connectivity index (χ2n) is 14.3. The van der Waals surface area contributed by atoms with Crippen molar-refractivity contribution in [3.63, 3.8) is 0 Å². The van der Waals surface area contributed by atoms with Crippen LogP contribution in [0, 0.1) is 11.8 Å². The van der Waals surface area contributed by atoms with Crippen molar-refractivity contribution >= 4 is 34.1 Å². The summed E-state index contributed by atoms with van der Waals surface area (Å²) in [5, 5.41) is 0. The van der Waals surface area contributed by atoms with Crippen LogP contribution in [0.4, 0.5) is 34.1 Å². The van der Waals surface area contributed by atoms with Gasteiger partial charge in [0.2, 0.25) is 0 Å². The van der Waals surface area contributed by atoms with Gasteiger partial charge >= 0.3 is 0 Å². The molecule has 0 saturated heterocycles. The van der Waals surface area contributed by atoms with Gasteiger partial charge in [0.25, 0.3) is 0 Å². The molecule has 266 valence electrons. The Labute approximate surface area is 313 Å². The second kappa shape index (κ2) is 18.4. The number of hydrogen-bond acceptors (Lipinski definition) is 2. The van der Waals surface area contributed by atoms with Crippen molar-refractivity contribution in [2.75, 3.05) is 9.80 Å². The molecular weight excluding hydrogens is 629 g/mol. The molecule has 0 heterocycles. The van der Waals surface area contributed by atoms with E-state index < -0.39 is 0 Å². The van der Waals surface area contributed by atoms with E-state index in [1.807, 2.05) is 0 Å². The van der Waals surface area contributed by atoms with Crippen LogP contribution in [0.15, 0.2) is 158 Å². The average Bonchev–Trinajstić information content (AvgIpc) is 3.19. The predicted octanol–water partition coefficient (Wildman–Crippen LogP) is 15.0. The van der Waals surface area contributed by atoms with Crippen molar-refractivity contribution < 1.29 is 0 Å². The summed E-state index contributed by atoms with van der Waals surface area (Å²) in [4.78, 5) is 4.77. The molecule has 2 nitrogen and oxygen atoms in total. The Morgan fingerprint density at radius 1 is 0.365 bits per heavy atom. The lowest BCUT2D eigenvalue weighted by molar-refractivity contribution is 0.462. The van der Waals surface area contributed by atoms with Gasteiger partial charge in [-0.15, -0.1) is 0 Å². The molecule has 0 saturated carbocycles. The van der Waals surface area contributed by atoms with Crippen LogP contribution in [0.5, 0.6) is 0 Å². The molecule has 2 unspecified atom stereocenters. The van der Waals surface area contributed by atoms with Crippen molar-refractivity contribution in [3.8, 4) is 11.1 Å². The molecular formula is C50H56N2. The zero-order chi connectivity index (χ0) is 36.1. The van der Waals surface area contributed by atoms with E-state index in [2.05, 4.69) is 195 Å². The number of para-hydroxylation sites is 2. The molecule has 6 aromatic carbocycles. The molecule has 0 N–H and O–H groups in total. The van der Waals surface area contributed by atoms with Gasteiger partial charge in [-0.3, -0.25) is 0 Å². The predicted molar refractivity (Wildman–Crippen MR) is 226 cm³/mol. The summed E-state index contributed by atoms with van der Waals surface area (Å²) in [6, 6.07) is 57.9. The van der Waals surface area contributed by atoms with Gasteiger partial charge in [0.15, 0.2) is 0 Å². The summed E-state index contributed by atoms with van der Waals surface area (Å²) >= 11 is 0. The summed E-state index contributed by atoms with van der Waals surface area (Å²) in [6.07, 6.45) is 9.73. The molecule has 0 aliphatic rings. The van der Waals surface area contributed by atoms with E-state index in [0.717, 1.165) is 47.4 Å². The highest BCUT2D eigenvalue weighted by Crippen LogP contribution is 2.39. The first-order valence-corrected chi connectivity index (χ1v) is 19.7. The fraction of sp³-hybridized carbons (Fsp3) is 0.280. The molecule has 0 aliphatic carbocycles. The first kappa shape index (κ1) is 36.7. The Balaban J connectivity index is 1.28. The first-order chi connectivity index (χ1) is 25.6. The third-order valence-electron chi connectivity index (χ3n) is 10.5. The lowest BCUT2D eigenvalue weighted by atomic mass is 9.92. The Kier molecular flexibility index (Phi) is 13.0. The molecule has 2 atom stereocenters. The van der Waals surface area contributed by atoms with Crippen LogP contribution in [-0.4, -0.2) is 0 Å². The highest BCUT2D eigenvalue weighted by molar-refractivity contribution is 5.81. The molecule has 6 aromatic rings. The van der Waals surface area contributed by atoms with Crippen molar-refractivity contribution in [1.29, 1.82) is 0 Å².